The number of amides is 1. The summed E-state index contributed by atoms with van der Waals surface area (Å²) in [5.41, 5.74) is 1.81. The van der Waals surface area contributed by atoms with Crippen LogP contribution in [0.3, 0.4) is 0 Å². The van der Waals surface area contributed by atoms with Crippen molar-refractivity contribution >= 4 is 11.9 Å². The number of carboxylic acid groups (broad SMARTS) is 1. The molecule has 1 amide bonds. The third kappa shape index (κ3) is 3.36. The highest BCUT2D eigenvalue weighted by Gasteiger charge is 2.36. The molecule has 138 valence electrons. The molecule has 0 saturated carbocycles. The Balaban J connectivity index is 1.68. The molecule has 1 aromatic carbocycles. The number of hydrogen-bond acceptors (Lipinski definition) is 3. The molecule has 0 radical (unpaired) electrons. The topological polar surface area (TPSA) is 75.4 Å². The fourth-order valence-electron chi connectivity index (χ4n) is 3.77. The summed E-state index contributed by atoms with van der Waals surface area (Å²) >= 11 is 0. The summed E-state index contributed by atoms with van der Waals surface area (Å²) in [5, 5.41) is 13.2. The maximum Gasteiger partial charge on any atom is 0.338 e. The van der Waals surface area contributed by atoms with Gasteiger partial charge in [-0.25, -0.2) is 4.79 Å². The van der Waals surface area contributed by atoms with E-state index in [9.17, 15) is 9.59 Å². The standard InChI is InChI=1S/C20H25N3O3/c1-14-6-4-5-7-17(14)20(2,3)19(26)22-10-8-16(9-11-22)23-13-15(12-21-23)18(24)25/h4-7,12-13,16H,8-11H2,1-3H3,(H,24,25). The lowest BCUT2D eigenvalue weighted by Gasteiger charge is -2.37. The summed E-state index contributed by atoms with van der Waals surface area (Å²) in [6.07, 6.45) is 4.50. The molecule has 2 heterocycles. The predicted octanol–water partition coefficient (Wildman–Crippen LogP) is 3.03. The lowest BCUT2D eigenvalue weighted by Crippen LogP contribution is -2.47. The van der Waals surface area contributed by atoms with Gasteiger partial charge in [0.2, 0.25) is 5.91 Å². The molecule has 1 fully saturated rings. The Labute approximate surface area is 153 Å². The summed E-state index contributed by atoms with van der Waals surface area (Å²) < 4.78 is 1.72. The van der Waals surface area contributed by atoms with E-state index in [0.717, 1.165) is 24.0 Å². The number of piperidine rings is 1. The molecule has 6 nitrogen and oxygen atoms in total. The summed E-state index contributed by atoms with van der Waals surface area (Å²) in [4.78, 5) is 26.1. The molecule has 0 atom stereocenters. The SMILES string of the molecule is Cc1ccccc1C(C)(C)C(=O)N1CCC(n2cc(C(=O)O)cn2)CC1. The van der Waals surface area contributed by atoms with Crippen LogP contribution in [-0.2, 0) is 10.2 Å². The number of rotatable bonds is 4. The number of likely N-dealkylation sites (tertiary alicyclic amines) is 1. The number of carboxylic acids is 1. The molecule has 1 aromatic heterocycles. The number of aromatic carboxylic acids is 1. The van der Waals surface area contributed by atoms with Gasteiger partial charge < -0.3 is 10.0 Å². The van der Waals surface area contributed by atoms with Crippen LogP contribution >= 0.6 is 0 Å². The van der Waals surface area contributed by atoms with Crippen LogP contribution in [0.15, 0.2) is 36.7 Å². The molecule has 6 heteroatoms. The number of carbonyl (C=O) groups is 2. The Hall–Kier alpha value is -2.63. The normalized spacial score (nSPS) is 15.9. The summed E-state index contributed by atoms with van der Waals surface area (Å²) in [6, 6.07) is 8.15. The molecule has 3 rings (SSSR count). The number of nitrogens with zero attached hydrogens (tertiary/aromatic N) is 3. The molecule has 26 heavy (non-hydrogen) atoms. The van der Waals surface area contributed by atoms with Crippen LogP contribution < -0.4 is 0 Å². The lowest BCUT2D eigenvalue weighted by molar-refractivity contribution is -0.137. The fraction of sp³-hybridized carbons (Fsp3) is 0.450. The predicted molar refractivity (Wildman–Crippen MR) is 98.2 cm³/mol. The first-order valence-electron chi connectivity index (χ1n) is 8.93. The van der Waals surface area contributed by atoms with Gasteiger partial charge in [0, 0.05) is 19.3 Å². The minimum Gasteiger partial charge on any atom is -0.478 e. The quantitative estimate of drug-likeness (QED) is 0.915. The zero-order valence-electron chi connectivity index (χ0n) is 15.5. The van der Waals surface area contributed by atoms with Crippen molar-refractivity contribution in [2.45, 2.75) is 45.1 Å². The van der Waals surface area contributed by atoms with E-state index in [1.54, 1.807) is 10.9 Å². The van der Waals surface area contributed by atoms with Gasteiger partial charge >= 0.3 is 5.97 Å². The molecule has 2 aromatic rings. The van der Waals surface area contributed by atoms with Crippen LogP contribution in [-0.4, -0.2) is 44.8 Å². The monoisotopic (exact) mass is 355 g/mol. The van der Waals surface area contributed by atoms with Gasteiger partial charge in [0.05, 0.1) is 23.2 Å². The second-order valence-corrected chi connectivity index (χ2v) is 7.48. The Morgan fingerprint density at radius 3 is 2.42 bits per heavy atom. The first kappa shape index (κ1) is 18.2. The van der Waals surface area contributed by atoms with Crippen molar-refractivity contribution in [3.05, 3.63) is 53.3 Å². The number of hydrogen-bond donors (Lipinski definition) is 1. The second kappa shape index (κ2) is 6.94. The fourth-order valence-corrected chi connectivity index (χ4v) is 3.77. The minimum atomic E-state index is -0.969. The first-order valence-corrected chi connectivity index (χ1v) is 8.93. The average Bonchev–Trinajstić information content (AvgIpc) is 3.12. The van der Waals surface area contributed by atoms with Crippen LogP contribution in [0, 0.1) is 6.92 Å². The molecule has 0 unspecified atom stereocenters. The van der Waals surface area contributed by atoms with Gasteiger partial charge in [-0.3, -0.25) is 9.48 Å². The molecule has 0 aliphatic carbocycles. The highest BCUT2D eigenvalue weighted by molar-refractivity contribution is 5.88. The van der Waals surface area contributed by atoms with Gasteiger partial charge in [-0.15, -0.1) is 0 Å². The van der Waals surface area contributed by atoms with E-state index in [4.69, 9.17) is 5.11 Å². The minimum absolute atomic E-state index is 0.133. The third-order valence-corrected chi connectivity index (χ3v) is 5.33. The van der Waals surface area contributed by atoms with E-state index in [1.807, 2.05) is 49.9 Å². The Morgan fingerprint density at radius 2 is 1.85 bits per heavy atom. The van der Waals surface area contributed by atoms with Crippen molar-refractivity contribution in [2.75, 3.05) is 13.1 Å². The summed E-state index contributed by atoms with van der Waals surface area (Å²) in [6.45, 7) is 7.31. The molecule has 1 N–H and O–H groups in total. The lowest BCUT2D eigenvalue weighted by atomic mass is 9.80. The van der Waals surface area contributed by atoms with E-state index in [-0.39, 0.29) is 17.5 Å². The Bertz CT molecular complexity index is 817. The van der Waals surface area contributed by atoms with Gasteiger partial charge in [-0.2, -0.15) is 5.10 Å². The smallest absolute Gasteiger partial charge is 0.338 e. The van der Waals surface area contributed by atoms with Crippen molar-refractivity contribution in [1.82, 2.24) is 14.7 Å². The van der Waals surface area contributed by atoms with E-state index >= 15 is 0 Å². The van der Waals surface area contributed by atoms with Gasteiger partial charge in [0.25, 0.3) is 0 Å². The number of aryl methyl sites for hydroxylation is 1. The number of benzene rings is 1. The van der Waals surface area contributed by atoms with Crippen LogP contribution in [0.4, 0.5) is 0 Å². The molecule has 1 aliphatic heterocycles. The molecular formula is C20H25N3O3. The van der Waals surface area contributed by atoms with Gasteiger partial charge in [0.1, 0.15) is 0 Å². The van der Waals surface area contributed by atoms with Crippen molar-refractivity contribution in [2.24, 2.45) is 0 Å². The second-order valence-electron chi connectivity index (χ2n) is 7.48. The van der Waals surface area contributed by atoms with Crippen LogP contribution in [0.5, 0.6) is 0 Å². The Morgan fingerprint density at radius 1 is 1.19 bits per heavy atom. The molecule has 1 aliphatic rings. The number of aromatic nitrogens is 2. The maximum atomic E-state index is 13.1. The number of carbonyl (C=O) groups excluding carboxylic acids is 1. The highest BCUT2D eigenvalue weighted by Crippen LogP contribution is 2.31. The van der Waals surface area contributed by atoms with Crippen LogP contribution in [0.1, 0.15) is 54.2 Å². The van der Waals surface area contributed by atoms with Crippen molar-refractivity contribution < 1.29 is 14.7 Å². The largest absolute Gasteiger partial charge is 0.478 e. The van der Waals surface area contributed by atoms with E-state index in [2.05, 4.69) is 5.10 Å². The van der Waals surface area contributed by atoms with Crippen LogP contribution in [0.2, 0.25) is 0 Å². The molecule has 0 bridgehead atoms. The van der Waals surface area contributed by atoms with E-state index in [1.165, 1.54) is 6.20 Å². The highest BCUT2D eigenvalue weighted by atomic mass is 16.4. The first-order chi connectivity index (χ1) is 12.3. The zero-order valence-corrected chi connectivity index (χ0v) is 15.5. The van der Waals surface area contributed by atoms with Gasteiger partial charge in [-0.05, 0) is 44.7 Å². The van der Waals surface area contributed by atoms with Crippen LogP contribution in [0.25, 0.3) is 0 Å². The van der Waals surface area contributed by atoms with E-state index in [0.29, 0.717) is 13.1 Å². The molecule has 0 spiro atoms. The molecular weight excluding hydrogens is 330 g/mol. The van der Waals surface area contributed by atoms with Gasteiger partial charge in [-0.1, -0.05) is 24.3 Å². The summed E-state index contributed by atoms with van der Waals surface area (Å²) in [7, 11) is 0. The van der Waals surface area contributed by atoms with Crippen molar-refractivity contribution in [1.29, 1.82) is 0 Å². The van der Waals surface area contributed by atoms with Gasteiger partial charge in [0.15, 0.2) is 0 Å². The van der Waals surface area contributed by atoms with Crippen molar-refractivity contribution in [3.63, 3.8) is 0 Å². The average molecular weight is 355 g/mol. The zero-order chi connectivity index (χ0) is 18.9. The Kier molecular flexibility index (Phi) is 4.85. The molecule has 1 saturated heterocycles. The van der Waals surface area contributed by atoms with Crippen molar-refractivity contribution in [3.8, 4) is 0 Å². The van der Waals surface area contributed by atoms with E-state index < -0.39 is 11.4 Å². The third-order valence-electron chi connectivity index (χ3n) is 5.33. The summed E-state index contributed by atoms with van der Waals surface area (Å²) in [5.74, 6) is -0.833. The maximum absolute atomic E-state index is 13.1.